The molecule has 1 heterocycles. The fourth-order valence-corrected chi connectivity index (χ4v) is 3.26. The molecule has 3 heteroatoms. The van der Waals surface area contributed by atoms with Crippen molar-refractivity contribution in [2.45, 2.75) is 0 Å². The van der Waals surface area contributed by atoms with E-state index in [1.807, 2.05) is 6.07 Å². The normalized spacial score (nSPS) is 11.7. The number of benzene rings is 1. The number of anilines is 1. The average molecular weight is 300 g/mol. The van der Waals surface area contributed by atoms with E-state index >= 15 is 0 Å². The first kappa shape index (κ1) is 9.71. The molecule has 0 unspecified atom stereocenters. The summed E-state index contributed by atoms with van der Waals surface area (Å²) in [5.74, 6) is 0.626. The van der Waals surface area contributed by atoms with Gasteiger partial charge in [0.05, 0.1) is 0 Å². The van der Waals surface area contributed by atoms with Crippen molar-refractivity contribution in [3.05, 3.63) is 34.0 Å². The third-order valence-electron chi connectivity index (χ3n) is 2.19. The SMILES string of the molecule is CI(C)c1ccc2c(N)nccc2c1. The number of nitrogens with zero attached hydrogens (tertiary/aromatic N) is 1. The van der Waals surface area contributed by atoms with Crippen molar-refractivity contribution in [2.24, 2.45) is 0 Å². The van der Waals surface area contributed by atoms with E-state index in [0.717, 1.165) is 5.39 Å². The Balaban J connectivity index is 2.67. The zero-order valence-corrected chi connectivity index (χ0v) is 10.4. The van der Waals surface area contributed by atoms with Crippen molar-refractivity contribution in [2.75, 3.05) is 15.6 Å². The molecule has 0 saturated carbocycles. The molecule has 1 aromatic heterocycles. The van der Waals surface area contributed by atoms with Crippen LogP contribution in [0.25, 0.3) is 10.8 Å². The Morgan fingerprint density at radius 3 is 2.71 bits per heavy atom. The molecule has 0 aliphatic rings. The second-order valence-corrected chi connectivity index (χ2v) is 8.88. The van der Waals surface area contributed by atoms with Crippen LogP contribution in [-0.2, 0) is 0 Å². The Morgan fingerprint density at radius 2 is 2.00 bits per heavy atom. The molecule has 0 bridgehead atoms. The number of nitrogens with two attached hydrogens (primary N) is 1. The predicted molar refractivity (Wildman–Crippen MR) is 70.7 cm³/mol. The van der Waals surface area contributed by atoms with Crippen LogP contribution in [0.15, 0.2) is 30.5 Å². The van der Waals surface area contributed by atoms with Crippen LogP contribution in [0.2, 0.25) is 0 Å². The second-order valence-electron chi connectivity index (χ2n) is 3.32. The van der Waals surface area contributed by atoms with Crippen LogP contribution >= 0.6 is 19.8 Å². The summed E-state index contributed by atoms with van der Waals surface area (Å²) < 4.78 is 1.49. The van der Waals surface area contributed by atoms with Gasteiger partial charge in [-0.2, -0.15) is 0 Å². The van der Waals surface area contributed by atoms with Gasteiger partial charge in [0.2, 0.25) is 0 Å². The molecule has 0 atom stereocenters. The van der Waals surface area contributed by atoms with Gasteiger partial charge in [-0.15, -0.1) is 0 Å². The second kappa shape index (κ2) is 3.73. The monoisotopic (exact) mass is 300 g/mol. The van der Waals surface area contributed by atoms with E-state index < -0.39 is 19.8 Å². The molecule has 74 valence electrons. The number of halogens is 1. The van der Waals surface area contributed by atoms with Crippen LogP contribution < -0.4 is 5.73 Å². The Labute approximate surface area is 90.9 Å². The predicted octanol–water partition coefficient (Wildman–Crippen LogP) is 2.75. The maximum absolute atomic E-state index is 5.78. The summed E-state index contributed by atoms with van der Waals surface area (Å²) in [6.45, 7) is 0. The number of aromatic nitrogens is 1. The molecule has 2 N–H and O–H groups in total. The van der Waals surface area contributed by atoms with Crippen LogP contribution in [0.5, 0.6) is 0 Å². The standard InChI is InChI=1S/C11H13IN2/c1-12(2)9-3-4-10-8(7-9)5-6-14-11(10)13/h3-7H,1-2H3,(H2,13,14). The summed E-state index contributed by atoms with van der Waals surface area (Å²) in [6, 6.07) is 8.54. The van der Waals surface area contributed by atoms with E-state index in [4.69, 9.17) is 5.73 Å². The van der Waals surface area contributed by atoms with E-state index in [-0.39, 0.29) is 0 Å². The van der Waals surface area contributed by atoms with Gasteiger partial charge in [0, 0.05) is 0 Å². The quantitative estimate of drug-likeness (QED) is 0.649. The molecular formula is C11H13IN2. The van der Waals surface area contributed by atoms with Crippen molar-refractivity contribution in [1.29, 1.82) is 0 Å². The van der Waals surface area contributed by atoms with Crippen molar-refractivity contribution in [3.8, 4) is 0 Å². The Hall–Kier alpha value is -0.840. The van der Waals surface area contributed by atoms with Crippen LogP contribution in [0.4, 0.5) is 5.82 Å². The van der Waals surface area contributed by atoms with Crippen molar-refractivity contribution in [3.63, 3.8) is 0 Å². The molecule has 14 heavy (non-hydrogen) atoms. The fraction of sp³-hybridized carbons (Fsp3) is 0.182. The third-order valence-corrected chi connectivity index (χ3v) is 5.36. The zero-order valence-electron chi connectivity index (χ0n) is 8.29. The van der Waals surface area contributed by atoms with Gasteiger partial charge in [-0.3, -0.25) is 0 Å². The summed E-state index contributed by atoms with van der Waals surface area (Å²) >= 11 is -0.875. The summed E-state index contributed by atoms with van der Waals surface area (Å²) in [4.78, 5) is 8.76. The van der Waals surface area contributed by atoms with Gasteiger partial charge < -0.3 is 0 Å². The molecule has 0 spiro atoms. The maximum atomic E-state index is 5.78. The first-order valence-electron chi connectivity index (χ1n) is 4.33. The summed E-state index contributed by atoms with van der Waals surface area (Å²) in [6.07, 6.45) is 1.77. The van der Waals surface area contributed by atoms with Crippen LogP contribution in [-0.4, -0.2) is 14.8 Å². The summed E-state index contributed by atoms with van der Waals surface area (Å²) in [7, 11) is 0. The van der Waals surface area contributed by atoms with Gasteiger partial charge in [-0.1, -0.05) is 0 Å². The van der Waals surface area contributed by atoms with Crippen LogP contribution in [0.1, 0.15) is 0 Å². The molecule has 1 aromatic carbocycles. The van der Waals surface area contributed by atoms with E-state index in [9.17, 15) is 0 Å². The third kappa shape index (κ3) is 1.68. The van der Waals surface area contributed by atoms with E-state index in [2.05, 4.69) is 33.0 Å². The Kier molecular flexibility index (Phi) is 2.58. The number of alkyl halides is 2. The summed E-state index contributed by atoms with van der Waals surface area (Å²) in [5, 5.41) is 2.27. The molecule has 2 nitrogen and oxygen atoms in total. The molecule has 0 radical (unpaired) electrons. The van der Waals surface area contributed by atoms with Crippen molar-refractivity contribution in [1.82, 2.24) is 4.98 Å². The number of fused-ring (bicyclic) bond motifs is 1. The number of nitrogen functional groups attached to an aromatic ring is 1. The first-order chi connectivity index (χ1) is 6.68. The van der Waals surface area contributed by atoms with Gasteiger partial charge in [-0.05, 0) is 0 Å². The zero-order chi connectivity index (χ0) is 10.1. The Bertz CT molecular complexity index is 466. The van der Waals surface area contributed by atoms with E-state index in [0.29, 0.717) is 5.82 Å². The van der Waals surface area contributed by atoms with Crippen LogP contribution in [0.3, 0.4) is 0 Å². The first-order valence-corrected chi connectivity index (χ1v) is 9.72. The van der Waals surface area contributed by atoms with E-state index in [1.165, 1.54) is 8.96 Å². The van der Waals surface area contributed by atoms with Gasteiger partial charge in [0.25, 0.3) is 0 Å². The molecule has 0 aliphatic carbocycles. The number of pyridine rings is 1. The molecule has 0 aliphatic heterocycles. The number of rotatable bonds is 1. The minimum absolute atomic E-state index is 0.626. The van der Waals surface area contributed by atoms with Gasteiger partial charge in [-0.25, -0.2) is 0 Å². The number of hydrogen-bond acceptors (Lipinski definition) is 2. The molecular weight excluding hydrogens is 287 g/mol. The van der Waals surface area contributed by atoms with Gasteiger partial charge >= 0.3 is 91.0 Å². The van der Waals surface area contributed by atoms with Crippen molar-refractivity contribution >= 4 is 36.4 Å². The van der Waals surface area contributed by atoms with Gasteiger partial charge in [0.1, 0.15) is 0 Å². The number of hydrogen-bond donors (Lipinski definition) is 1. The molecule has 0 fully saturated rings. The topological polar surface area (TPSA) is 38.9 Å². The molecule has 2 aromatic rings. The Morgan fingerprint density at radius 1 is 1.21 bits per heavy atom. The average Bonchev–Trinajstić information content (AvgIpc) is 2.17. The van der Waals surface area contributed by atoms with E-state index in [1.54, 1.807) is 6.20 Å². The molecule has 0 saturated heterocycles. The molecule has 0 amide bonds. The van der Waals surface area contributed by atoms with Gasteiger partial charge in [0.15, 0.2) is 0 Å². The summed E-state index contributed by atoms with van der Waals surface area (Å²) in [5.41, 5.74) is 5.78. The van der Waals surface area contributed by atoms with Crippen LogP contribution in [0, 0.1) is 3.57 Å². The molecule has 2 rings (SSSR count). The fourth-order valence-electron chi connectivity index (χ4n) is 1.41. The minimum atomic E-state index is -0.875. The van der Waals surface area contributed by atoms with Crippen molar-refractivity contribution < 1.29 is 0 Å².